The molecule has 1 aliphatic heterocycles. The standard InChI is InChI=1S/C18H25N3O4/c1-21-13-15(12-19-5-9-23-10-6-22)18(20-21)14-3-4-16-17(11-14)25-8-2-7-24-16/h3-4,11,13,19,22H,2,5-10,12H2,1H3. The molecule has 7 heteroatoms. The molecule has 7 nitrogen and oxygen atoms in total. The summed E-state index contributed by atoms with van der Waals surface area (Å²) in [5.41, 5.74) is 3.05. The summed E-state index contributed by atoms with van der Waals surface area (Å²) >= 11 is 0. The Balaban J connectivity index is 1.69. The van der Waals surface area contributed by atoms with E-state index in [2.05, 4.69) is 10.4 Å². The summed E-state index contributed by atoms with van der Waals surface area (Å²) in [4.78, 5) is 0. The molecule has 25 heavy (non-hydrogen) atoms. The quantitative estimate of drug-likeness (QED) is 0.702. The summed E-state index contributed by atoms with van der Waals surface area (Å²) in [5, 5.41) is 16.6. The fourth-order valence-corrected chi connectivity index (χ4v) is 2.75. The molecular weight excluding hydrogens is 322 g/mol. The Morgan fingerprint density at radius 3 is 2.92 bits per heavy atom. The second-order valence-corrected chi connectivity index (χ2v) is 5.90. The van der Waals surface area contributed by atoms with Crippen LogP contribution in [0.15, 0.2) is 24.4 Å². The van der Waals surface area contributed by atoms with E-state index in [0.717, 1.165) is 41.3 Å². The highest BCUT2D eigenvalue weighted by molar-refractivity contribution is 5.66. The summed E-state index contributed by atoms with van der Waals surface area (Å²) in [5.74, 6) is 1.56. The van der Waals surface area contributed by atoms with E-state index in [1.165, 1.54) is 0 Å². The van der Waals surface area contributed by atoms with Crippen molar-refractivity contribution in [2.45, 2.75) is 13.0 Å². The van der Waals surface area contributed by atoms with E-state index >= 15 is 0 Å². The second kappa shape index (κ2) is 8.84. The number of aliphatic hydroxyl groups is 1. The number of ether oxygens (including phenoxy) is 3. The lowest BCUT2D eigenvalue weighted by molar-refractivity contribution is 0.0938. The van der Waals surface area contributed by atoms with E-state index in [0.29, 0.717) is 33.0 Å². The van der Waals surface area contributed by atoms with Gasteiger partial charge in [-0.05, 0) is 18.2 Å². The van der Waals surface area contributed by atoms with Crippen LogP contribution in [0.5, 0.6) is 11.5 Å². The van der Waals surface area contributed by atoms with Crippen molar-refractivity contribution >= 4 is 0 Å². The second-order valence-electron chi connectivity index (χ2n) is 5.90. The first-order valence-corrected chi connectivity index (χ1v) is 8.60. The van der Waals surface area contributed by atoms with Crippen molar-refractivity contribution in [3.8, 4) is 22.8 Å². The van der Waals surface area contributed by atoms with Gasteiger partial charge in [-0.25, -0.2) is 0 Å². The molecule has 0 saturated carbocycles. The van der Waals surface area contributed by atoms with E-state index in [-0.39, 0.29) is 6.61 Å². The van der Waals surface area contributed by atoms with Crippen LogP contribution in [0.2, 0.25) is 0 Å². The maximum absolute atomic E-state index is 8.69. The molecule has 0 spiro atoms. The van der Waals surface area contributed by atoms with E-state index in [1.807, 2.05) is 36.1 Å². The molecular formula is C18H25N3O4. The Kier molecular flexibility index (Phi) is 6.27. The molecule has 0 fully saturated rings. The van der Waals surface area contributed by atoms with Crippen molar-refractivity contribution < 1.29 is 19.3 Å². The first-order chi connectivity index (χ1) is 12.3. The van der Waals surface area contributed by atoms with Crippen LogP contribution in [0, 0.1) is 0 Å². The lowest BCUT2D eigenvalue weighted by Crippen LogP contribution is -2.20. The predicted molar refractivity (Wildman–Crippen MR) is 93.9 cm³/mol. The Morgan fingerprint density at radius 2 is 2.08 bits per heavy atom. The van der Waals surface area contributed by atoms with Gasteiger partial charge in [-0.3, -0.25) is 4.68 Å². The number of aliphatic hydroxyl groups excluding tert-OH is 1. The SMILES string of the molecule is Cn1cc(CNCCOCCO)c(-c2ccc3c(c2)OCCCO3)n1. The number of fused-ring (bicyclic) bond motifs is 1. The smallest absolute Gasteiger partial charge is 0.161 e. The third kappa shape index (κ3) is 4.72. The van der Waals surface area contributed by atoms with Crippen LogP contribution in [-0.4, -0.2) is 54.5 Å². The van der Waals surface area contributed by atoms with Crippen molar-refractivity contribution in [2.75, 3.05) is 39.6 Å². The molecule has 0 amide bonds. The van der Waals surface area contributed by atoms with Gasteiger partial charge in [0.2, 0.25) is 0 Å². The van der Waals surface area contributed by atoms with Crippen LogP contribution >= 0.6 is 0 Å². The van der Waals surface area contributed by atoms with Crippen LogP contribution in [0.1, 0.15) is 12.0 Å². The van der Waals surface area contributed by atoms with Gasteiger partial charge in [0.25, 0.3) is 0 Å². The van der Waals surface area contributed by atoms with E-state index in [1.54, 1.807) is 0 Å². The van der Waals surface area contributed by atoms with Gasteiger partial charge < -0.3 is 24.6 Å². The highest BCUT2D eigenvalue weighted by atomic mass is 16.5. The highest BCUT2D eigenvalue weighted by Gasteiger charge is 2.15. The third-order valence-electron chi connectivity index (χ3n) is 3.90. The van der Waals surface area contributed by atoms with Crippen molar-refractivity contribution in [3.05, 3.63) is 30.0 Å². The van der Waals surface area contributed by atoms with Crippen LogP contribution in [-0.2, 0) is 18.3 Å². The topological polar surface area (TPSA) is 77.8 Å². The van der Waals surface area contributed by atoms with Crippen LogP contribution < -0.4 is 14.8 Å². The Bertz CT molecular complexity index is 687. The van der Waals surface area contributed by atoms with Gasteiger partial charge in [0.1, 0.15) is 0 Å². The monoisotopic (exact) mass is 347 g/mol. The molecule has 0 aliphatic carbocycles. The molecule has 136 valence electrons. The van der Waals surface area contributed by atoms with Gasteiger partial charge in [-0.1, -0.05) is 0 Å². The third-order valence-corrected chi connectivity index (χ3v) is 3.90. The number of rotatable bonds is 8. The molecule has 0 bridgehead atoms. The molecule has 2 heterocycles. The fraction of sp³-hybridized carbons (Fsp3) is 0.500. The minimum Gasteiger partial charge on any atom is -0.490 e. The average molecular weight is 347 g/mol. The summed E-state index contributed by atoms with van der Waals surface area (Å²) in [6, 6.07) is 5.96. The van der Waals surface area contributed by atoms with E-state index in [4.69, 9.17) is 19.3 Å². The van der Waals surface area contributed by atoms with Gasteiger partial charge in [-0.2, -0.15) is 5.10 Å². The summed E-state index contributed by atoms with van der Waals surface area (Å²) in [7, 11) is 1.92. The summed E-state index contributed by atoms with van der Waals surface area (Å²) in [6.45, 7) is 3.76. The molecule has 1 aliphatic rings. The van der Waals surface area contributed by atoms with Crippen molar-refractivity contribution in [1.29, 1.82) is 0 Å². The molecule has 0 atom stereocenters. The summed E-state index contributed by atoms with van der Waals surface area (Å²) < 4.78 is 18.5. The van der Waals surface area contributed by atoms with Crippen molar-refractivity contribution in [2.24, 2.45) is 7.05 Å². The van der Waals surface area contributed by atoms with Crippen molar-refractivity contribution in [1.82, 2.24) is 15.1 Å². The van der Waals surface area contributed by atoms with E-state index < -0.39 is 0 Å². The first-order valence-electron chi connectivity index (χ1n) is 8.60. The minimum atomic E-state index is 0.0524. The lowest BCUT2D eigenvalue weighted by Gasteiger charge is -2.10. The molecule has 0 saturated heterocycles. The van der Waals surface area contributed by atoms with Gasteiger partial charge in [0, 0.05) is 43.9 Å². The molecule has 3 rings (SSSR count). The fourth-order valence-electron chi connectivity index (χ4n) is 2.75. The number of hydrogen-bond donors (Lipinski definition) is 2. The molecule has 0 unspecified atom stereocenters. The zero-order chi connectivity index (χ0) is 17.5. The highest BCUT2D eigenvalue weighted by Crippen LogP contribution is 2.34. The first kappa shape index (κ1) is 17.7. The van der Waals surface area contributed by atoms with Gasteiger partial charge >= 0.3 is 0 Å². The minimum absolute atomic E-state index is 0.0524. The number of aromatic nitrogens is 2. The number of hydrogen-bond acceptors (Lipinski definition) is 6. The number of aryl methyl sites for hydroxylation is 1. The Labute approximate surface area is 147 Å². The summed E-state index contributed by atoms with van der Waals surface area (Å²) in [6.07, 6.45) is 2.90. The molecule has 1 aromatic carbocycles. The van der Waals surface area contributed by atoms with Crippen molar-refractivity contribution in [3.63, 3.8) is 0 Å². The largest absolute Gasteiger partial charge is 0.490 e. The molecule has 2 aromatic rings. The maximum Gasteiger partial charge on any atom is 0.161 e. The lowest BCUT2D eigenvalue weighted by atomic mass is 10.1. The Morgan fingerprint density at radius 1 is 1.24 bits per heavy atom. The van der Waals surface area contributed by atoms with Gasteiger partial charge in [-0.15, -0.1) is 0 Å². The van der Waals surface area contributed by atoms with Gasteiger partial charge in [0.05, 0.1) is 38.7 Å². The number of nitrogens with zero attached hydrogens (tertiary/aromatic N) is 2. The maximum atomic E-state index is 8.69. The van der Waals surface area contributed by atoms with Crippen LogP contribution in [0.25, 0.3) is 11.3 Å². The average Bonchev–Trinajstić information content (AvgIpc) is 2.84. The van der Waals surface area contributed by atoms with Gasteiger partial charge in [0.15, 0.2) is 11.5 Å². The number of nitrogens with one attached hydrogen (secondary N) is 1. The van der Waals surface area contributed by atoms with Crippen LogP contribution in [0.3, 0.4) is 0 Å². The van der Waals surface area contributed by atoms with E-state index in [9.17, 15) is 0 Å². The molecule has 0 radical (unpaired) electrons. The number of benzene rings is 1. The normalized spacial score (nSPS) is 13.7. The molecule has 1 aromatic heterocycles. The van der Waals surface area contributed by atoms with Crippen LogP contribution in [0.4, 0.5) is 0 Å². The Hall–Kier alpha value is -2.09. The zero-order valence-corrected chi connectivity index (χ0v) is 14.5. The molecule has 2 N–H and O–H groups in total. The zero-order valence-electron chi connectivity index (χ0n) is 14.5. The predicted octanol–water partition coefficient (Wildman–Crippen LogP) is 1.35.